The molecule has 0 radical (unpaired) electrons. The normalized spacial score (nSPS) is 17.1. The molecule has 0 aliphatic heterocycles. The van der Waals surface area contributed by atoms with E-state index >= 15 is 0 Å². The van der Waals surface area contributed by atoms with E-state index in [4.69, 9.17) is 21.7 Å². The van der Waals surface area contributed by atoms with Gasteiger partial charge in [-0.05, 0) is 17.9 Å². The van der Waals surface area contributed by atoms with Crippen LogP contribution in [0.2, 0.25) is 0 Å². The van der Waals surface area contributed by atoms with E-state index in [1.54, 1.807) is 11.2 Å². The highest BCUT2D eigenvalue weighted by molar-refractivity contribution is 9.11. The molecule has 0 aromatic rings. The second-order valence-corrected chi connectivity index (χ2v) is 8.20. The number of nitrogens with two attached hydrogens (primary N) is 2. The number of aliphatic hydroxyl groups is 1. The first kappa shape index (κ1) is 24.6. The molecule has 0 aliphatic carbocycles. The van der Waals surface area contributed by atoms with Crippen molar-refractivity contribution in [3.8, 4) is 0 Å². The van der Waals surface area contributed by atoms with Crippen LogP contribution >= 0.6 is 15.9 Å². The summed E-state index contributed by atoms with van der Waals surface area (Å²) in [5, 5.41) is 18.3. The summed E-state index contributed by atoms with van der Waals surface area (Å²) in [7, 11) is 0. The SMILES string of the molecule is CC(O)/C(=C\OC(C/C=C/N(N)CC(C)(C)C)/C(Br)=C/N)CC(F)C=N. The van der Waals surface area contributed by atoms with E-state index in [0.29, 0.717) is 29.2 Å². The van der Waals surface area contributed by atoms with Gasteiger partial charge in [0, 0.05) is 38.0 Å². The maximum atomic E-state index is 13.4. The van der Waals surface area contributed by atoms with Crippen LogP contribution in [-0.2, 0) is 4.74 Å². The lowest BCUT2D eigenvalue weighted by Gasteiger charge is -2.25. The Morgan fingerprint density at radius 3 is 2.50 bits per heavy atom. The predicted molar refractivity (Wildman–Crippen MR) is 108 cm³/mol. The van der Waals surface area contributed by atoms with Crippen molar-refractivity contribution in [1.82, 2.24) is 5.01 Å². The van der Waals surface area contributed by atoms with Crippen molar-refractivity contribution in [3.63, 3.8) is 0 Å². The minimum atomic E-state index is -1.46. The van der Waals surface area contributed by atoms with Crippen molar-refractivity contribution in [1.29, 1.82) is 5.41 Å². The summed E-state index contributed by atoms with van der Waals surface area (Å²) < 4.78 is 19.7. The molecule has 0 aliphatic rings. The minimum absolute atomic E-state index is 0.0689. The van der Waals surface area contributed by atoms with Gasteiger partial charge in [0.15, 0.2) is 0 Å². The standard InChI is InChI=1S/C18H32BrFN4O2/c1-13(25)14(8-15(20)9-21)11-26-17(16(19)10-22)6-5-7-24(23)12-18(2,3)4/h5,7,9-11,13,15,17,21,25H,6,8,12,22-23H2,1-4H3/b7-5+,14-11-,16-10-,21-9?. The van der Waals surface area contributed by atoms with E-state index in [0.717, 1.165) is 0 Å². The van der Waals surface area contributed by atoms with E-state index in [9.17, 15) is 9.50 Å². The number of ether oxygens (including phenoxy) is 1. The van der Waals surface area contributed by atoms with Crippen molar-refractivity contribution in [2.24, 2.45) is 17.0 Å². The Balaban J connectivity index is 4.99. The van der Waals surface area contributed by atoms with Gasteiger partial charge in [-0.2, -0.15) is 0 Å². The zero-order valence-corrected chi connectivity index (χ0v) is 17.5. The Labute approximate surface area is 164 Å². The van der Waals surface area contributed by atoms with Crippen LogP contribution in [0.15, 0.2) is 34.8 Å². The number of halogens is 2. The van der Waals surface area contributed by atoms with Crippen LogP contribution in [0.1, 0.15) is 40.5 Å². The smallest absolute Gasteiger partial charge is 0.138 e. The molecule has 0 aromatic heterocycles. The van der Waals surface area contributed by atoms with Gasteiger partial charge in [-0.1, -0.05) is 42.8 Å². The quantitative estimate of drug-likeness (QED) is 0.172. The van der Waals surface area contributed by atoms with Crippen LogP contribution < -0.4 is 11.6 Å². The molecule has 3 atom stereocenters. The maximum Gasteiger partial charge on any atom is 0.138 e. The number of aliphatic hydroxyl groups excluding tert-OH is 1. The lowest BCUT2D eigenvalue weighted by molar-refractivity contribution is 0.166. The molecule has 6 nitrogen and oxygen atoms in total. The van der Waals surface area contributed by atoms with E-state index in [2.05, 4.69) is 36.7 Å². The first-order valence-corrected chi connectivity index (χ1v) is 9.22. The molecule has 0 heterocycles. The molecule has 26 heavy (non-hydrogen) atoms. The van der Waals surface area contributed by atoms with Gasteiger partial charge in [0.05, 0.1) is 16.8 Å². The monoisotopic (exact) mass is 434 g/mol. The Hall–Kier alpha value is -1.38. The van der Waals surface area contributed by atoms with Crippen LogP contribution in [-0.4, -0.2) is 41.3 Å². The average Bonchev–Trinajstić information content (AvgIpc) is 2.53. The van der Waals surface area contributed by atoms with Crippen molar-refractivity contribution in [2.75, 3.05) is 6.54 Å². The van der Waals surface area contributed by atoms with Crippen LogP contribution in [0.4, 0.5) is 4.39 Å². The van der Waals surface area contributed by atoms with E-state index in [1.165, 1.54) is 19.4 Å². The Bertz CT molecular complexity index is 516. The van der Waals surface area contributed by atoms with Crippen molar-refractivity contribution in [2.45, 2.75) is 58.9 Å². The highest BCUT2D eigenvalue weighted by Crippen LogP contribution is 2.20. The molecule has 0 rings (SSSR count). The molecule has 0 fully saturated rings. The molecule has 0 spiro atoms. The number of alkyl halides is 1. The lowest BCUT2D eigenvalue weighted by atomic mass is 9.97. The molecule has 150 valence electrons. The summed E-state index contributed by atoms with van der Waals surface area (Å²) in [6.45, 7) is 8.49. The highest BCUT2D eigenvalue weighted by Gasteiger charge is 2.16. The van der Waals surface area contributed by atoms with Gasteiger partial charge in [-0.3, -0.25) is 0 Å². The third-order valence-corrected chi connectivity index (χ3v) is 4.08. The first-order valence-electron chi connectivity index (χ1n) is 8.42. The molecule has 0 saturated heterocycles. The van der Waals surface area contributed by atoms with Crippen molar-refractivity contribution < 1.29 is 14.2 Å². The molecule has 0 aromatic carbocycles. The third-order valence-electron chi connectivity index (χ3n) is 3.30. The topological polar surface area (TPSA) is 109 Å². The molecular weight excluding hydrogens is 403 g/mol. The van der Waals surface area contributed by atoms with Gasteiger partial charge in [0.2, 0.25) is 0 Å². The maximum absolute atomic E-state index is 13.4. The number of nitrogens with one attached hydrogen (secondary N) is 1. The fraction of sp³-hybridized carbons (Fsp3) is 0.611. The Morgan fingerprint density at radius 2 is 2.04 bits per heavy atom. The molecule has 3 unspecified atom stereocenters. The second-order valence-electron chi connectivity index (χ2n) is 7.29. The van der Waals surface area contributed by atoms with Crippen LogP contribution in [0.5, 0.6) is 0 Å². The van der Waals surface area contributed by atoms with Crippen molar-refractivity contribution in [3.05, 3.63) is 34.8 Å². The number of hydrogen-bond donors (Lipinski definition) is 4. The molecular formula is C18H32BrFN4O2. The summed E-state index contributed by atoms with van der Waals surface area (Å²) in [4.78, 5) is 0. The van der Waals surface area contributed by atoms with Gasteiger partial charge >= 0.3 is 0 Å². The second kappa shape index (κ2) is 12.1. The van der Waals surface area contributed by atoms with Gasteiger partial charge in [-0.15, -0.1) is 0 Å². The zero-order chi connectivity index (χ0) is 20.3. The van der Waals surface area contributed by atoms with E-state index < -0.39 is 18.4 Å². The summed E-state index contributed by atoms with van der Waals surface area (Å²) in [5.74, 6) is 5.93. The highest BCUT2D eigenvalue weighted by atomic mass is 79.9. The average molecular weight is 435 g/mol. The summed E-state index contributed by atoms with van der Waals surface area (Å²) in [6, 6.07) is 0. The molecule has 6 N–H and O–H groups in total. The molecule has 0 saturated carbocycles. The third kappa shape index (κ3) is 11.3. The van der Waals surface area contributed by atoms with Crippen LogP contribution in [0, 0.1) is 10.8 Å². The van der Waals surface area contributed by atoms with Gasteiger partial charge < -0.3 is 26.0 Å². The molecule has 0 amide bonds. The number of hydrazine groups is 1. The van der Waals surface area contributed by atoms with Crippen molar-refractivity contribution >= 4 is 22.1 Å². The van der Waals surface area contributed by atoms with Crippen LogP contribution in [0.25, 0.3) is 0 Å². The predicted octanol–water partition coefficient (Wildman–Crippen LogP) is 3.33. The number of nitrogens with zero attached hydrogens (tertiary/aromatic N) is 1. The largest absolute Gasteiger partial charge is 0.492 e. The lowest BCUT2D eigenvalue weighted by Crippen LogP contribution is -2.33. The van der Waals surface area contributed by atoms with Gasteiger partial charge in [-0.25, -0.2) is 10.2 Å². The summed E-state index contributed by atoms with van der Waals surface area (Å²) in [5.41, 5.74) is 5.98. The summed E-state index contributed by atoms with van der Waals surface area (Å²) in [6.07, 6.45) is 4.61. The first-order chi connectivity index (χ1) is 12.0. The van der Waals surface area contributed by atoms with Gasteiger partial charge in [0.1, 0.15) is 12.3 Å². The number of hydrogen-bond acceptors (Lipinski definition) is 6. The molecule has 8 heteroatoms. The molecule has 0 bridgehead atoms. The van der Waals surface area contributed by atoms with E-state index in [-0.39, 0.29) is 11.8 Å². The fourth-order valence-corrected chi connectivity index (χ4v) is 2.33. The minimum Gasteiger partial charge on any atom is -0.492 e. The summed E-state index contributed by atoms with van der Waals surface area (Å²) >= 11 is 3.34. The number of rotatable bonds is 11. The fourth-order valence-electron chi connectivity index (χ4n) is 2.03. The Morgan fingerprint density at radius 1 is 1.42 bits per heavy atom. The van der Waals surface area contributed by atoms with Crippen LogP contribution in [0.3, 0.4) is 0 Å². The van der Waals surface area contributed by atoms with Gasteiger partial charge in [0.25, 0.3) is 0 Å². The Kier molecular flexibility index (Phi) is 11.4. The van der Waals surface area contributed by atoms with E-state index in [1.807, 2.05) is 6.08 Å². The zero-order valence-electron chi connectivity index (χ0n) is 16.0.